The molecule has 0 unspecified atom stereocenters. The van der Waals surface area contributed by atoms with Crippen molar-refractivity contribution in [3.05, 3.63) is 30.3 Å². The van der Waals surface area contributed by atoms with Gasteiger partial charge in [0.15, 0.2) is 0 Å². The number of hydrogen-bond acceptors (Lipinski definition) is 4. The molecule has 5 nitrogen and oxygen atoms in total. The lowest BCUT2D eigenvalue weighted by atomic mass is 10.2. The van der Waals surface area contributed by atoms with Crippen LogP contribution < -0.4 is 9.61 Å². The van der Waals surface area contributed by atoms with Crippen LogP contribution in [0.2, 0.25) is 0 Å². The summed E-state index contributed by atoms with van der Waals surface area (Å²) in [6.45, 7) is 11.1. The summed E-state index contributed by atoms with van der Waals surface area (Å²) >= 11 is 0. The van der Waals surface area contributed by atoms with Crippen molar-refractivity contribution >= 4 is 13.5 Å². The van der Waals surface area contributed by atoms with Crippen LogP contribution in [0.1, 0.15) is 41.5 Å². The van der Waals surface area contributed by atoms with E-state index in [9.17, 15) is 9.36 Å². The molecule has 0 bridgehead atoms. The Morgan fingerprint density at radius 3 is 2.22 bits per heavy atom. The molecule has 0 heterocycles. The van der Waals surface area contributed by atoms with Crippen molar-refractivity contribution in [2.75, 3.05) is 6.61 Å². The molecule has 23 heavy (non-hydrogen) atoms. The smallest absolute Gasteiger partial charge is 0.322 e. The van der Waals surface area contributed by atoms with E-state index in [1.807, 2.05) is 45.9 Å². The molecule has 0 fully saturated rings. The topological polar surface area (TPSA) is 64.6 Å². The summed E-state index contributed by atoms with van der Waals surface area (Å²) in [6.07, 6.45) is 0. The van der Waals surface area contributed by atoms with Gasteiger partial charge in [0, 0.05) is 6.04 Å². The van der Waals surface area contributed by atoms with Crippen LogP contribution in [0, 0.1) is 5.92 Å². The van der Waals surface area contributed by atoms with Crippen LogP contribution in [0.5, 0.6) is 5.75 Å². The Balaban J connectivity index is 2.79. The Labute approximate surface area is 139 Å². The molecular weight excluding hydrogens is 313 g/mol. The number of hydrogen-bond donors (Lipinski definition) is 1. The lowest BCUT2D eigenvalue weighted by Gasteiger charge is -2.33. The lowest BCUT2D eigenvalue weighted by Crippen LogP contribution is -2.37. The van der Waals surface area contributed by atoms with Gasteiger partial charge in [-0.2, -0.15) is 0 Å². The zero-order valence-electron chi connectivity index (χ0n) is 14.8. The molecule has 0 aliphatic carbocycles. The molecular formula is C17H28NO4P. The highest BCUT2D eigenvalue weighted by Gasteiger charge is 2.40. The summed E-state index contributed by atoms with van der Waals surface area (Å²) in [6, 6.07) is 8.78. The standard InChI is InChI=1S/C17H28NO4P/c1-13(2)16(19)21-12-14(3)18-23(20,17(4,5)6)22-15-10-8-7-9-11-15/h7-11,13-14H,12H2,1-6H3,(H,18,20)/t14-,23+/m0/s1. The highest BCUT2D eigenvalue weighted by Crippen LogP contribution is 2.55. The Bertz CT molecular complexity index is 551. The first-order valence-electron chi connectivity index (χ1n) is 7.84. The molecule has 1 rings (SSSR count). The molecule has 2 atom stereocenters. The number of esters is 1. The molecule has 0 spiro atoms. The molecule has 1 N–H and O–H groups in total. The van der Waals surface area contributed by atoms with Gasteiger partial charge in [-0.25, -0.2) is 5.09 Å². The van der Waals surface area contributed by atoms with E-state index >= 15 is 0 Å². The molecule has 130 valence electrons. The summed E-state index contributed by atoms with van der Waals surface area (Å²) in [5, 5.41) is 2.43. The van der Waals surface area contributed by atoms with E-state index in [1.165, 1.54) is 0 Å². The van der Waals surface area contributed by atoms with Crippen molar-refractivity contribution in [1.29, 1.82) is 0 Å². The van der Waals surface area contributed by atoms with Crippen molar-refractivity contribution < 1.29 is 18.6 Å². The number of carbonyl (C=O) groups is 1. The highest BCUT2D eigenvalue weighted by molar-refractivity contribution is 7.58. The van der Waals surface area contributed by atoms with Crippen LogP contribution >= 0.6 is 7.52 Å². The summed E-state index contributed by atoms with van der Waals surface area (Å²) < 4.78 is 24.3. The molecule has 0 saturated heterocycles. The van der Waals surface area contributed by atoms with Crippen molar-refractivity contribution in [2.24, 2.45) is 5.92 Å². The van der Waals surface area contributed by atoms with E-state index in [-0.39, 0.29) is 24.5 Å². The zero-order valence-corrected chi connectivity index (χ0v) is 15.7. The number of rotatable bonds is 7. The number of para-hydroxylation sites is 1. The number of nitrogens with one attached hydrogen (secondary N) is 1. The Morgan fingerprint density at radius 2 is 1.74 bits per heavy atom. The number of ether oxygens (including phenoxy) is 1. The maximum atomic E-state index is 13.3. The van der Waals surface area contributed by atoms with Gasteiger partial charge in [0.05, 0.1) is 11.1 Å². The molecule has 0 aromatic heterocycles. The quantitative estimate of drug-likeness (QED) is 0.594. The van der Waals surface area contributed by atoms with Gasteiger partial charge in [-0.05, 0) is 39.8 Å². The summed E-state index contributed by atoms with van der Waals surface area (Å²) in [5.74, 6) is 0.0926. The Morgan fingerprint density at radius 1 is 1.17 bits per heavy atom. The van der Waals surface area contributed by atoms with E-state index < -0.39 is 12.7 Å². The number of benzene rings is 1. The first kappa shape index (κ1) is 19.7. The minimum absolute atomic E-state index is 0.148. The Kier molecular flexibility index (Phi) is 6.84. The third-order valence-electron chi connectivity index (χ3n) is 3.20. The third-order valence-corrected chi connectivity index (χ3v) is 6.21. The van der Waals surface area contributed by atoms with Gasteiger partial charge in [0.25, 0.3) is 0 Å². The first-order chi connectivity index (χ1) is 10.5. The van der Waals surface area contributed by atoms with E-state index in [0.29, 0.717) is 5.75 Å². The molecule has 0 radical (unpaired) electrons. The highest BCUT2D eigenvalue weighted by atomic mass is 31.2. The average Bonchev–Trinajstić information content (AvgIpc) is 2.44. The van der Waals surface area contributed by atoms with E-state index in [4.69, 9.17) is 9.26 Å². The molecule has 0 aliphatic heterocycles. The Hall–Kier alpha value is -1.32. The van der Waals surface area contributed by atoms with Crippen LogP contribution in [-0.2, 0) is 14.1 Å². The third kappa shape index (κ3) is 6.00. The zero-order chi connectivity index (χ0) is 17.7. The van der Waals surface area contributed by atoms with Crippen LogP contribution in [0.25, 0.3) is 0 Å². The molecule has 1 aromatic rings. The molecule has 6 heteroatoms. The second-order valence-electron chi connectivity index (χ2n) is 6.94. The van der Waals surface area contributed by atoms with Gasteiger partial charge in [0.2, 0.25) is 0 Å². The van der Waals surface area contributed by atoms with Gasteiger partial charge >= 0.3 is 13.5 Å². The summed E-state index contributed by atoms with van der Waals surface area (Å²) in [4.78, 5) is 11.6. The van der Waals surface area contributed by atoms with E-state index in [2.05, 4.69) is 5.09 Å². The van der Waals surface area contributed by atoms with Crippen molar-refractivity contribution in [3.63, 3.8) is 0 Å². The van der Waals surface area contributed by atoms with Gasteiger partial charge < -0.3 is 9.26 Å². The monoisotopic (exact) mass is 341 g/mol. The molecule has 1 aromatic carbocycles. The summed E-state index contributed by atoms with van der Waals surface area (Å²) in [5.41, 5.74) is 0. The van der Waals surface area contributed by atoms with Crippen molar-refractivity contribution in [1.82, 2.24) is 5.09 Å². The van der Waals surface area contributed by atoms with Gasteiger partial charge in [-0.15, -0.1) is 0 Å². The predicted octanol–water partition coefficient (Wildman–Crippen LogP) is 4.23. The van der Waals surface area contributed by atoms with Crippen LogP contribution in [0.15, 0.2) is 30.3 Å². The molecule has 0 aliphatic rings. The van der Waals surface area contributed by atoms with Gasteiger partial charge in [0.1, 0.15) is 12.4 Å². The normalized spacial score (nSPS) is 15.8. The minimum Gasteiger partial charge on any atom is -0.464 e. The maximum Gasteiger partial charge on any atom is 0.322 e. The van der Waals surface area contributed by atoms with Crippen molar-refractivity contribution in [3.8, 4) is 5.75 Å². The second-order valence-corrected chi connectivity index (χ2v) is 9.83. The largest absolute Gasteiger partial charge is 0.464 e. The summed E-state index contributed by atoms with van der Waals surface area (Å²) in [7, 11) is -3.21. The number of carbonyl (C=O) groups excluding carboxylic acids is 1. The maximum absolute atomic E-state index is 13.3. The fourth-order valence-corrected chi connectivity index (χ4v) is 3.48. The second kappa shape index (κ2) is 7.98. The average molecular weight is 341 g/mol. The molecule has 0 saturated carbocycles. The minimum atomic E-state index is -3.21. The SMILES string of the molecule is CC(C)C(=O)OC[C@H](C)N[P@](=O)(Oc1ccccc1)C(C)(C)C. The fourth-order valence-electron chi connectivity index (χ4n) is 1.69. The van der Waals surface area contributed by atoms with Crippen LogP contribution in [0.3, 0.4) is 0 Å². The van der Waals surface area contributed by atoms with Gasteiger partial charge in [-0.3, -0.25) is 9.36 Å². The predicted molar refractivity (Wildman–Crippen MR) is 92.8 cm³/mol. The lowest BCUT2D eigenvalue weighted by molar-refractivity contribution is -0.147. The van der Waals surface area contributed by atoms with E-state index in [1.54, 1.807) is 26.0 Å². The molecule has 0 amide bonds. The van der Waals surface area contributed by atoms with Crippen LogP contribution in [-0.4, -0.2) is 23.8 Å². The fraction of sp³-hybridized carbons (Fsp3) is 0.588. The van der Waals surface area contributed by atoms with Gasteiger partial charge in [-0.1, -0.05) is 32.0 Å². The van der Waals surface area contributed by atoms with E-state index in [0.717, 1.165) is 0 Å². The van der Waals surface area contributed by atoms with Crippen LogP contribution in [0.4, 0.5) is 0 Å². The van der Waals surface area contributed by atoms with Crippen molar-refractivity contribution in [2.45, 2.75) is 52.7 Å². The first-order valence-corrected chi connectivity index (χ1v) is 9.47.